The monoisotopic (exact) mass is 587 g/mol. The van der Waals surface area contributed by atoms with Crippen molar-refractivity contribution < 1.29 is 22.9 Å². The van der Waals surface area contributed by atoms with Crippen LogP contribution in [0.5, 0.6) is 0 Å². The number of anilines is 1. The largest absolute Gasteiger partial charge is 0.469 e. The summed E-state index contributed by atoms with van der Waals surface area (Å²) in [5.41, 5.74) is 4.78. The summed E-state index contributed by atoms with van der Waals surface area (Å²) < 4.78 is 43.2. The number of aromatic nitrogens is 1. The highest BCUT2D eigenvalue weighted by molar-refractivity contribution is 7.86. The Labute approximate surface area is 247 Å². The molecule has 42 heavy (non-hydrogen) atoms. The van der Waals surface area contributed by atoms with E-state index in [0.717, 1.165) is 40.7 Å². The summed E-state index contributed by atoms with van der Waals surface area (Å²) in [4.78, 5) is 12.8. The van der Waals surface area contributed by atoms with Crippen LogP contribution in [0.25, 0.3) is 16.6 Å². The van der Waals surface area contributed by atoms with E-state index in [2.05, 4.69) is 15.9 Å². The first-order chi connectivity index (χ1) is 20.4. The van der Waals surface area contributed by atoms with Gasteiger partial charge in [0.25, 0.3) is 0 Å². The van der Waals surface area contributed by atoms with Gasteiger partial charge in [-0.25, -0.2) is 8.60 Å². The maximum atomic E-state index is 14.1. The maximum absolute atomic E-state index is 14.1. The van der Waals surface area contributed by atoms with Crippen molar-refractivity contribution in [2.45, 2.75) is 42.4 Å². The van der Waals surface area contributed by atoms with Gasteiger partial charge >= 0.3 is 5.97 Å². The molecule has 3 aromatic carbocycles. The number of fused-ring (bicyclic) bond motifs is 1. The summed E-state index contributed by atoms with van der Waals surface area (Å²) in [7, 11) is -0.182. The molecule has 4 aromatic rings. The Kier molecular flexibility index (Phi) is 9.29. The van der Waals surface area contributed by atoms with Crippen LogP contribution >= 0.6 is 0 Å². The summed E-state index contributed by atoms with van der Waals surface area (Å²) in [6.07, 6.45) is 5.39. The molecular weight excluding hydrogens is 553 g/mol. The van der Waals surface area contributed by atoms with E-state index in [4.69, 9.17) is 14.9 Å². The number of nitrogens with zero attached hydrogens (tertiary/aromatic N) is 1. The molecule has 0 radical (unpaired) electrons. The standard InChI is InChI=1S/C33H34FN3O4S/c1-3-22(9-14-31(38)40-2)32-28-20-29(36-42(39)27-7-5-4-6-8-27)24(21-35)19-30(28)37(26-12-10-25(34)11-13-26)33(32)23-15-17-41-18-16-23/h3-8,10-13,19-23,35-36H,1,9,14-18H2,2H3. The average molecular weight is 588 g/mol. The normalized spacial score (nSPS) is 15.2. The molecule has 2 heterocycles. The van der Waals surface area contributed by atoms with Gasteiger partial charge in [-0.3, -0.25) is 4.79 Å². The molecule has 1 aliphatic rings. The predicted octanol–water partition coefficient (Wildman–Crippen LogP) is 7.02. The highest BCUT2D eigenvalue weighted by atomic mass is 32.2. The third-order valence-corrected chi connectivity index (χ3v) is 8.87. The SMILES string of the molecule is C=CC(CCC(=O)OC)c1c(C2CCOCC2)n(-c2ccc(F)cc2)c2cc(C=N)c(NS(=O)c3ccccc3)cc12. The number of halogens is 1. The van der Waals surface area contributed by atoms with E-state index in [1.807, 2.05) is 36.4 Å². The molecule has 9 heteroatoms. The lowest BCUT2D eigenvalue weighted by molar-refractivity contribution is -0.140. The number of hydrogen-bond acceptors (Lipinski definition) is 5. The molecule has 0 spiro atoms. The third kappa shape index (κ3) is 6.07. The second-order valence-electron chi connectivity index (χ2n) is 10.2. The number of rotatable bonds is 11. The molecule has 1 fully saturated rings. The van der Waals surface area contributed by atoms with Gasteiger partial charge in [0.05, 0.1) is 23.2 Å². The molecule has 5 rings (SSSR count). The molecule has 0 amide bonds. The number of methoxy groups -OCH3 is 1. The minimum Gasteiger partial charge on any atom is -0.469 e. The molecule has 1 aromatic heterocycles. The zero-order valence-corrected chi connectivity index (χ0v) is 24.3. The van der Waals surface area contributed by atoms with Crippen molar-refractivity contribution in [3.63, 3.8) is 0 Å². The van der Waals surface area contributed by atoms with Gasteiger partial charge in [0.2, 0.25) is 0 Å². The van der Waals surface area contributed by atoms with Gasteiger partial charge in [-0.2, -0.15) is 0 Å². The molecular formula is C33H34FN3O4S. The summed E-state index contributed by atoms with van der Waals surface area (Å²) in [6.45, 7) is 5.37. The zero-order chi connectivity index (χ0) is 29.6. The Hall–Kier alpha value is -4.08. The van der Waals surface area contributed by atoms with Gasteiger partial charge in [0.1, 0.15) is 16.8 Å². The minimum absolute atomic E-state index is 0.130. The molecule has 1 aliphatic heterocycles. The van der Waals surface area contributed by atoms with Crippen LogP contribution in [0.15, 0.2) is 84.3 Å². The van der Waals surface area contributed by atoms with Crippen LogP contribution in [0.2, 0.25) is 0 Å². The molecule has 2 atom stereocenters. The van der Waals surface area contributed by atoms with Crippen LogP contribution in [-0.4, -0.2) is 41.3 Å². The van der Waals surface area contributed by atoms with Crippen LogP contribution in [-0.2, 0) is 25.3 Å². The lowest BCUT2D eigenvalue weighted by atomic mass is 9.85. The highest BCUT2D eigenvalue weighted by Crippen LogP contribution is 2.44. The van der Waals surface area contributed by atoms with Crippen molar-refractivity contribution in [2.75, 3.05) is 25.0 Å². The molecule has 0 aliphatic carbocycles. The van der Waals surface area contributed by atoms with Crippen molar-refractivity contribution in [1.29, 1.82) is 5.41 Å². The van der Waals surface area contributed by atoms with E-state index in [1.54, 1.807) is 24.3 Å². The fourth-order valence-electron chi connectivity index (χ4n) is 5.69. The number of carbonyl (C=O) groups excluding carboxylic acids is 1. The number of benzene rings is 3. The van der Waals surface area contributed by atoms with E-state index in [9.17, 15) is 13.4 Å². The Balaban J connectivity index is 1.77. The van der Waals surface area contributed by atoms with Gasteiger partial charge in [0, 0.05) is 60.0 Å². The smallest absolute Gasteiger partial charge is 0.305 e. The second kappa shape index (κ2) is 13.3. The number of esters is 1. The quantitative estimate of drug-likeness (QED) is 0.112. The Morgan fingerprint density at radius 1 is 1.19 bits per heavy atom. The molecule has 1 saturated heterocycles. The topological polar surface area (TPSA) is 93.4 Å². The molecule has 2 N–H and O–H groups in total. The number of ether oxygens (including phenoxy) is 2. The van der Waals surface area contributed by atoms with E-state index in [0.29, 0.717) is 35.8 Å². The van der Waals surface area contributed by atoms with Gasteiger partial charge in [0.15, 0.2) is 0 Å². The van der Waals surface area contributed by atoms with Gasteiger partial charge < -0.3 is 24.2 Å². The fourth-order valence-corrected chi connectivity index (χ4v) is 6.59. The van der Waals surface area contributed by atoms with E-state index in [1.165, 1.54) is 25.5 Å². The van der Waals surface area contributed by atoms with Gasteiger partial charge in [-0.15, -0.1) is 6.58 Å². The highest BCUT2D eigenvalue weighted by Gasteiger charge is 2.31. The molecule has 218 valence electrons. The number of allylic oxidation sites excluding steroid dienone is 1. The minimum atomic E-state index is -1.56. The summed E-state index contributed by atoms with van der Waals surface area (Å²) >= 11 is 0. The zero-order valence-electron chi connectivity index (χ0n) is 23.5. The second-order valence-corrected chi connectivity index (χ2v) is 11.5. The third-order valence-electron chi connectivity index (χ3n) is 7.77. The molecule has 0 saturated carbocycles. The van der Waals surface area contributed by atoms with Crippen molar-refractivity contribution in [3.05, 3.63) is 102 Å². The molecule has 0 bridgehead atoms. The van der Waals surface area contributed by atoms with Crippen molar-refractivity contribution >= 4 is 39.8 Å². The fraction of sp³-hybridized carbons (Fsp3) is 0.273. The van der Waals surface area contributed by atoms with Crippen LogP contribution < -0.4 is 4.72 Å². The predicted molar refractivity (Wildman–Crippen MR) is 165 cm³/mol. The summed E-state index contributed by atoms with van der Waals surface area (Å²) in [5, 5.41) is 9.10. The van der Waals surface area contributed by atoms with Gasteiger partial charge in [-0.05, 0) is 73.4 Å². The first-order valence-corrected chi connectivity index (χ1v) is 15.1. The first kappa shape index (κ1) is 29.4. The van der Waals surface area contributed by atoms with Crippen molar-refractivity contribution in [3.8, 4) is 5.69 Å². The molecule has 2 unspecified atom stereocenters. The lowest BCUT2D eigenvalue weighted by Gasteiger charge is -2.27. The number of nitrogens with one attached hydrogen (secondary N) is 2. The van der Waals surface area contributed by atoms with Crippen LogP contribution in [0.4, 0.5) is 10.1 Å². The van der Waals surface area contributed by atoms with Crippen molar-refractivity contribution in [1.82, 2.24) is 4.57 Å². The van der Waals surface area contributed by atoms with Crippen molar-refractivity contribution in [2.24, 2.45) is 0 Å². The average Bonchev–Trinajstić information content (AvgIpc) is 3.35. The Morgan fingerprint density at radius 3 is 2.55 bits per heavy atom. The number of carbonyl (C=O) groups is 1. The number of hydrogen-bond donors (Lipinski definition) is 2. The first-order valence-electron chi connectivity index (χ1n) is 13.9. The van der Waals surface area contributed by atoms with E-state index < -0.39 is 11.0 Å². The maximum Gasteiger partial charge on any atom is 0.305 e. The van der Waals surface area contributed by atoms with Crippen LogP contribution in [0, 0.1) is 11.2 Å². The van der Waals surface area contributed by atoms with E-state index >= 15 is 0 Å². The lowest BCUT2D eigenvalue weighted by Crippen LogP contribution is -2.19. The van der Waals surface area contributed by atoms with Gasteiger partial charge in [-0.1, -0.05) is 24.3 Å². The Bertz CT molecular complexity index is 1610. The molecule has 7 nitrogen and oxygen atoms in total. The van der Waals surface area contributed by atoms with E-state index in [-0.39, 0.29) is 30.0 Å². The van der Waals surface area contributed by atoms with Crippen LogP contribution in [0.1, 0.15) is 54.3 Å². The summed E-state index contributed by atoms with van der Waals surface area (Å²) in [6, 6.07) is 19.3. The van der Waals surface area contributed by atoms with Crippen LogP contribution in [0.3, 0.4) is 0 Å². The Morgan fingerprint density at radius 2 is 1.90 bits per heavy atom. The summed E-state index contributed by atoms with van der Waals surface area (Å²) in [5.74, 6) is -0.710.